The van der Waals surface area contributed by atoms with E-state index < -0.39 is 6.04 Å². The third-order valence-electron chi connectivity index (χ3n) is 4.70. The third-order valence-corrected chi connectivity index (χ3v) is 5.28. The minimum Gasteiger partial charge on any atom is -0.357 e. The Kier molecular flexibility index (Phi) is 7.28. The van der Waals surface area contributed by atoms with E-state index in [0.717, 1.165) is 16.7 Å². The van der Waals surface area contributed by atoms with Gasteiger partial charge in [-0.05, 0) is 55.2 Å². The summed E-state index contributed by atoms with van der Waals surface area (Å²) in [7, 11) is 1.56. The normalized spacial score (nSPS) is 11.8. The highest BCUT2D eigenvalue weighted by Crippen LogP contribution is 2.23. The molecular formula is C21H24Cl2N2O2. The predicted octanol–water partition coefficient (Wildman–Crippen LogP) is 4.32. The topological polar surface area (TPSA) is 49.4 Å². The zero-order valence-electron chi connectivity index (χ0n) is 16.0. The number of aryl methyl sites for hydroxylation is 2. The molecule has 1 atom stereocenters. The van der Waals surface area contributed by atoms with Crippen molar-refractivity contribution in [2.75, 3.05) is 7.05 Å². The molecule has 0 spiro atoms. The van der Waals surface area contributed by atoms with Crippen molar-refractivity contribution in [2.45, 2.75) is 39.8 Å². The summed E-state index contributed by atoms with van der Waals surface area (Å²) in [4.78, 5) is 26.8. The van der Waals surface area contributed by atoms with E-state index in [1.807, 2.05) is 32.0 Å². The molecule has 27 heavy (non-hydrogen) atoms. The molecule has 6 heteroatoms. The Morgan fingerprint density at radius 2 is 1.78 bits per heavy atom. The molecule has 0 saturated heterocycles. The summed E-state index contributed by atoms with van der Waals surface area (Å²) in [5.74, 6) is -0.367. The van der Waals surface area contributed by atoms with Gasteiger partial charge >= 0.3 is 0 Å². The van der Waals surface area contributed by atoms with Gasteiger partial charge < -0.3 is 10.2 Å². The minimum atomic E-state index is -0.624. The van der Waals surface area contributed by atoms with Crippen LogP contribution >= 0.6 is 23.2 Å². The van der Waals surface area contributed by atoms with Crippen LogP contribution in [0.5, 0.6) is 0 Å². The first-order chi connectivity index (χ1) is 12.7. The van der Waals surface area contributed by atoms with Crippen LogP contribution in [0.4, 0.5) is 0 Å². The SMILES string of the molecule is CNC(=O)C(C)N(Cc1ccc(Cl)cc1Cl)C(=O)Cc1ccc(C)c(C)c1. The van der Waals surface area contributed by atoms with Gasteiger partial charge in [0.25, 0.3) is 0 Å². The third kappa shape index (κ3) is 5.47. The van der Waals surface area contributed by atoms with Crippen molar-refractivity contribution in [3.05, 3.63) is 68.7 Å². The van der Waals surface area contributed by atoms with Crippen LogP contribution in [0.3, 0.4) is 0 Å². The minimum absolute atomic E-state index is 0.139. The Balaban J connectivity index is 2.28. The maximum atomic E-state index is 13.0. The second kappa shape index (κ2) is 9.25. The number of halogens is 2. The van der Waals surface area contributed by atoms with Crippen LogP contribution in [-0.2, 0) is 22.6 Å². The molecule has 0 saturated carbocycles. The second-order valence-corrected chi connectivity index (χ2v) is 7.49. The van der Waals surface area contributed by atoms with E-state index in [2.05, 4.69) is 5.32 Å². The predicted molar refractivity (Wildman–Crippen MR) is 110 cm³/mol. The van der Waals surface area contributed by atoms with Gasteiger partial charge in [-0.3, -0.25) is 9.59 Å². The molecule has 144 valence electrons. The van der Waals surface area contributed by atoms with Crippen molar-refractivity contribution >= 4 is 35.0 Å². The summed E-state index contributed by atoms with van der Waals surface area (Å²) in [6.07, 6.45) is 0.216. The van der Waals surface area contributed by atoms with E-state index in [9.17, 15) is 9.59 Å². The molecule has 0 radical (unpaired) electrons. The van der Waals surface area contributed by atoms with E-state index in [1.54, 1.807) is 37.1 Å². The number of hydrogen-bond acceptors (Lipinski definition) is 2. The molecule has 0 heterocycles. The van der Waals surface area contributed by atoms with Gasteiger partial charge in [-0.1, -0.05) is 47.5 Å². The van der Waals surface area contributed by atoms with E-state index >= 15 is 0 Å². The summed E-state index contributed by atoms with van der Waals surface area (Å²) in [5, 5.41) is 3.60. The molecule has 4 nitrogen and oxygen atoms in total. The Hall–Kier alpha value is -2.04. The number of likely N-dealkylation sites (N-methyl/N-ethyl adjacent to an activating group) is 1. The van der Waals surface area contributed by atoms with E-state index in [1.165, 1.54) is 5.56 Å². The highest BCUT2D eigenvalue weighted by molar-refractivity contribution is 6.35. The monoisotopic (exact) mass is 406 g/mol. The molecule has 2 aromatic carbocycles. The number of nitrogens with zero attached hydrogens (tertiary/aromatic N) is 1. The molecule has 0 aliphatic heterocycles. The van der Waals surface area contributed by atoms with E-state index in [-0.39, 0.29) is 24.8 Å². The van der Waals surface area contributed by atoms with Gasteiger partial charge in [0.2, 0.25) is 11.8 Å². The number of hydrogen-bond donors (Lipinski definition) is 1. The van der Waals surface area contributed by atoms with Crippen molar-refractivity contribution in [3.8, 4) is 0 Å². The molecule has 0 aliphatic carbocycles. The molecule has 0 aliphatic rings. The number of amides is 2. The number of benzene rings is 2. The number of rotatable bonds is 6. The maximum absolute atomic E-state index is 13.0. The lowest BCUT2D eigenvalue weighted by atomic mass is 10.0. The fourth-order valence-corrected chi connectivity index (χ4v) is 3.28. The quantitative estimate of drug-likeness (QED) is 0.776. The molecular weight excluding hydrogens is 383 g/mol. The summed E-state index contributed by atoms with van der Waals surface area (Å²) in [6.45, 7) is 5.99. The first-order valence-electron chi connectivity index (χ1n) is 8.74. The van der Waals surface area contributed by atoms with Gasteiger partial charge in [0.05, 0.1) is 6.42 Å². The zero-order chi connectivity index (χ0) is 20.1. The van der Waals surface area contributed by atoms with E-state index in [0.29, 0.717) is 10.0 Å². The van der Waals surface area contributed by atoms with Gasteiger partial charge in [-0.25, -0.2) is 0 Å². The van der Waals surface area contributed by atoms with Gasteiger partial charge in [0, 0.05) is 23.6 Å². The van der Waals surface area contributed by atoms with Gasteiger partial charge in [0.1, 0.15) is 6.04 Å². The van der Waals surface area contributed by atoms with Crippen LogP contribution in [0.1, 0.15) is 29.2 Å². The van der Waals surface area contributed by atoms with Crippen molar-refractivity contribution in [2.24, 2.45) is 0 Å². The smallest absolute Gasteiger partial charge is 0.242 e. The van der Waals surface area contributed by atoms with Gasteiger partial charge in [-0.15, -0.1) is 0 Å². The molecule has 2 aromatic rings. The van der Waals surface area contributed by atoms with Crippen molar-refractivity contribution in [1.82, 2.24) is 10.2 Å². The van der Waals surface area contributed by atoms with Crippen LogP contribution in [0.15, 0.2) is 36.4 Å². The lowest BCUT2D eigenvalue weighted by molar-refractivity contribution is -0.139. The van der Waals surface area contributed by atoms with Crippen LogP contribution in [0.2, 0.25) is 10.0 Å². The van der Waals surface area contributed by atoms with E-state index in [4.69, 9.17) is 23.2 Å². The van der Waals surface area contributed by atoms with Crippen molar-refractivity contribution in [1.29, 1.82) is 0 Å². The molecule has 2 rings (SSSR count). The van der Waals surface area contributed by atoms with Gasteiger partial charge in [0.15, 0.2) is 0 Å². The van der Waals surface area contributed by atoms with Crippen LogP contribution in [-0.4, -0.2) is 29.8 Å². The highest BCUT2D eigenvalue weighted by Gasteiger charge is 2.26. The standard InChI is InChI=1S/C21H24Cl2N2O2/c1-13-5-6-16(9-14(13)2)10-20(26)25(15(3)21(27)24-4)12-17-7-8-18(22)11-19(17)23/h5-9,11,15H,10,12H2,1-4H3,(H,24,27). The Morgan fingerprint density at radius 1 is 1.07 bits per heavy atom. The molecule has 0 bridgehead atoms. The fraction of sp³-hybridized carbons (Fsp3) is 0.333. The summed E-state index contributed by atoms with van der Waals surface area (Å²) >= 11 is 12.2. The van der Waals surface area contributed by atoms with Crippen LogP contribution < -0.4 is 5.32 Å². The number of nitrogens with one attached hydrogen (secondary N) is 1. The molecule has 0 fully saturated rings. The average molecular weight is 407 g/mol. The Bertz CT molecular complexity index is 852. The fourth-order valence-electron chi connectivity index (χ4n) is 2.81. The molecule has 1 N–H and O–H groups in total. The van der Waals surface area contributed by atoms with Gasteiger partial charge in [-0.2, -0.15) is 0 Å². The highest BCUT2D eigenvalue weighted by atomic mass is 35.5. The summed E-state index contributed by atoms with van der Waals surface area (Å²) in [6, 6.07) is 10.5. The largest absolute Gasteiger partial charge is 0.357 e. The lowest BCUT2D eigenvalue weighted by Crippen LogP contribution is -2.47. The van der Waals surface area contributed by atoms with Crippen LogP contribution in [0.25, 0.3) is 0 Å². The number of carbonyl (C=O) groups excluding carboxylic acids is 2. The summed E-state index contributed by atoms with van der Waals surface area (Å²) in [5.41, 5.74) is 3.96. The first kappa shape index (κ1) is 21.3. The molecule has 1 unspecified atom stereocenters. The van der Waals surface area contributed by atoms with Crippen molar-refractivity contribution < 1.29 is 9.59 Å². The Morgan fingerprint density at radius 3 is 2.37 bits per heavy atom. The Labute approximate surface area is 170 Å². The van der Waals surface area contributed by atoms with Crippen molar-refractivity contribution in [3.63, 3.8) is 0 Å². The maximum Gasteiger partial charge on any atom is 0.242 e. The second-order valence-electron chi connectivity index (χ2n) is 6.64. The van der Waals surface area contributed by atoms with Crippen LogP contribution in [0, 0.1) is 13.8 Å². The average Bonchev–Trinajstić information content (AvgIpc) is 2.62. The number of carbonyl (C=O) groups is 2. The first-order valence-corrected chi connectivity index (χ1v) is 9.49. The molecule has 0 aromatic heterocycles. The zero-order valence-corrected chi connectivity index (χ0v) is 17.5. The summed E-state index contributed by atoms with van der Waals surface area (Å²) < 4.78 is 0. The lowest BCUT2D eigenvalue weighted by Gasteiger charge is -2.29. The molecule has 2 amide bonds.